The lowest BCUT2D eigenvalue weighted by Crippen LogP contribution is -2.41. The quantitative estimate of drug-likeness (QED) is 0.294. The van der Waals surface area contributed by atoms with Crippen molar-refractivity contribution in [3.05, 3.63) is 12.2 Å². The van der Waals surface area contributed by atoms with Crippen LogP contribution in [0, 0.1) is 5.92 Å². The highest BCUT2D eigenvalue weighted by atomic mass is 28.4. The molecule has 1 atom stereocenters. The zero-order valence-electron chi connectivity index (χ0n) is 15.0. The molecule has 0 aliphatic heterocycles. The van der Waals surface area contributed by atoms with Gasteiger partial charge in [-0.25, -0.2) is 5.06 Å². The van der Waals surface area contributed by atoms with Crippen LogP contribution in [0.2, 0.25) is 18.1 Å². The van der Waals surface area contributed by atoms with Crippen molar-refractivity contribution >= 4 is 14.2 Å². The zero-order chi connectivity index (χ0) is 16.7. The number of hydrogen-bond donors (Lipinski definition) is 0. The number of allylic oxidation sites excluding steroid dienone is 1. The van der Waals surface area contributed by atoms with E-state index >= 15 is 0 Å². The maximum absolute atomic E-state index is 11.5. The largest absolute Gasteiger partial charge is 0.417 e. The lowest BCUT2D eigenvalue weighted by molar-refractivity contribution is -0.162. The molecule has 0 aliphatic carbocycles. The fourth-order valence-electron chi connectivity index (χ4n) is 1.49. The molecule has 0 aliphatic rings. The smallest absolute Gasteiger partial charge is 0.269 e. The van der Waals surface area contributed by atoms with E-state index in [0.717, 1.165) is 19.4 Å². The summed E-state index contributed by atoms with van der Waals surface area (Å²) in [7, 11) is 1.45. The van der Waals surface area contributed by atoms with Crippen LogP contribution in [-0.4, -0.2) is 40.1 Å². The Bertz CT molecular complexity index is 348. The molecule has 4 nitrogen and oxygen atoms in total. The first-order valence-corrected chi connectivity index (χ1v) is 10.6. The molecular formula is C16H33NO3Si. The van der Waals surface area contributed by atoms with E-state index in [4.69, 9.17) is 9.26 Å². The molecule has 0 fully saturated rings. The normalized spacial score (nSPS) is 14.5. The molecule has 0 bridgehead atoms. The highest BCUT2D eigenvalue weighted by Crippen LogP contribution is 2.36. The summed E-state index contributed by atoms with van der Waals surface area (Å²) in [6.45, 7) is 14.2. The summed E-state index contributed by atoms with van der Waals surface area (Å²) in [6, 6.07) is 0. The Morgan fingerprint density at radius 1 is 1.33 bits per heavy atom. The summed E-state index contributed by atoms with van der Waals surface area (Å²) in [5.41, 5.74) is 0. The number of carbonyl (C=O) groups is 1. The molecule has 0 spiro atoms. The third kappa shape index (κ3) is 7.78. The van der Waals surface area contributed by atoms with Crippen LogP contribution < -0.4 is 0 Å². The molecular weight excluding hydrogens is 282 g/mol. The van der Waals surface area contributed by atoms with E-state index in [1.54, 1.807) is 13.1 Å². The second kappa shape index (κ2) is 8.71. The minimum Gasteiger partial charge on any atom is -0.417 e. The zero-order valence-corrected chi connectivity index (χ0v) is 16.0. The molecule has 124 valence electrons. The molecule has 0 saturated heterocycles. The fraction of sp³-hybridized carbons (Fsp3) is 0.812. The number of likely N-dealkylation sites (N-methyl/N-ethyl adjacent to an activating group) is 1. The van der Waals surface area contributed by atoms with Crippen LogP contribution >= 0.6 is 0 Å². The lowest BCUT2D eigenvalue weighted by Gasteiger charge is -2.36. The highest BCUT2D eigenvalue weighted by molar-refractivity contribution is 6.74. The summed E-state index contributed by atoms with van der Waals surface area (Å²) >= 11 is 0. The van der Waals surface area contributed by atoms with Crippen molar-refractivity contribution < 1.29 is 14.1 Å². The molecule has 0 aromatic rings. The van der Waals surface area contributed by atoms with Crippen LogP contribution in [-0.2, 0) is 14.1 Å². The lowest BCUT2D eigenvalue weighted by atomic mass is 10.1. The van der Waals surface area contributed by atoms with E-state index in [-0.39, 0.29) is 10.9 Å². The Labute approximate surface area is 131 Å². The van der Waals surface area contributed by atoms with E-state index < -0.39 is 8.32 Å². The van der Waals surface area contributed by atoms with Crippen molar-refractivity contribution in [2.75, 3.05) is 20.8 Å². The first-order chi connectivity index (χ1) is 9.51. The summed E-state index contributed by atoms with van der Waals surface area (Å²) in [5.74, 6) is 0.226. The van der Waals surface area contributed by atoms with Crippen molar-refractivity contribution in [1.29, 1.82) is 0 Å². The molecule has 0 rings (SSSR count). The van der Waals surface area contributed by atoms with E-state index in [1.807, 2.05) is 6.08 Å². The van der Waals surface area contributed by atoms with Gasteiger partial charge in [0, 0.05) is 19.7 Å². The minimum absolute atomic E-state index is 0.137. The van der Waals surface area contributed by atoms with Crippen molar-refractivity contribution in [3.63, 3.8) is 0 Å². The predicted octanol–water partition coefficient (Wildman–Crippen LogP) is 4.00. The second-order valence-corrected chi connectivity index (χ2v) is 11.9. The van der Waals surface area contributed by atoms with Gasteiger partial charge in [-0.3, -0.25) is 9.63 Å². The van der Waals surface area contributed by atoms with Gasteiger partial charge in [0.15, 0.2) is 8.32 Å². The minimum atomic E-state index is -1.63. The van der Waals surface area contributed by atoms with Crippen molar-refractivity contribution in [2.45, 2.75) is 58.7 Å². The average molecular weight is 316 g/mol. The fourth-order valence-corrected chi connectivity index (χ4v) is 2.57. The van der Waals surface area contributed by atoms with E-state index in [0.29, 0.717) is 5.92 Å². The monoisotopic (exact) mass is 315 g/mol. The number of rotatable bonds is 8. The molecule has 0 aromatic heterocycles. The molecule has 1 unspecified atom stereocenters. The first-order valence-electron chi connectivity index (χ1n) is 7.65. The van der Waals surface area contributed by atoms with Gasteiger partial charge in [-0.15, -0.1) is 0 Å². The van der Waals surface area contributed by atoms with Gasteiger partial charge in [0.25, 0.3) is 5.91 Å². The van der Waals surface area contributed by atoms with Crippen molar-refractivity contribution in [1.82, 2.24) is 5.06 Å². The molecule has 0 radical (unpaired) electrons. The van der Waals surface area contributed by atoms with E-state index in [1.165, 1.54) is 12.2 Å². The van der Waals surface area contributed by atoms with Crippen molar-refractivity contribution in [2.24, 2.45) is 5.92 Å². The molecule has 0 heterocycles. The number of carbonyl (C=O) groups excluding carboxylic acids is 1. The van der Waals surface area contributed by atoms with Gasteiger partial charge in [-0.2, -0.15) is 0 Å². The maximum atomic E-state index is 11.5. The second-order valence-electron chi connectivity index (χ2n) is 7.11. The van der Waals surface area contributed by atoms with Gasteiger partial charge >= 0.3 is 0 Å². The van der Waals surface area contributed by atoms with Gasteiger partial charge in [0.05, 0.1) is 7.11 Å². The van der Waals surface area contributed by atoms with Crippen LogP contribution in [0.15, 0.2) is 12.2 Å². The molecule has 21 heavy (non-hydrogen) atoms. The molecule has 0 N–H and O–H groups in total. The molecule has 1 amide bonds. The standard InChI is InChI=1S/C16H33NO3Si/c1-14(11-12-15(18)17(5)19-6)10-9-13-20-21(7,8)16(2,3)4/h11-12,14H,9-10,13H2,1-8H3/b12-11+. The number of hydroxylamine groups is 2. The van der Waals surface area contributed by atoms with Gasteiger partial charge in [0.1, 0.15) is 0 Å². The topological polar surface area (TPSA) is 38.8 Å². The van der Waals surface area contributed by atoms with Crippen LogP contribution in [0.5, 0.6) is 0 Å². The third-order valence-electron chi connectivity index (χ3n) is 4.22. The number of hydrogen-bond acceptors (Lipinski definition) is 3. The average Bonchev–Trinajstić information content (AvgIpc) is 2.38. The Balaban J connectivity index is 4.04. The van der Waals surface area contributed by atoms with Crippen molar-refractivity contribution in [3.8, 4) is 0 Å². The Morgan fingerprint density at radius 3 is 2.38 bits per heavy atom. The third-order valence-corrected chi connectivity index (χ3v) is 8.76. The number of nitrogens with zero attached hydrogens (tertiary/aromatic N) is 1. The van der Waals surface area contributed by atoms with Crippen LogP contribution in [0.25, 0.3) is 0 Å². The predicted molar refractivity (Wildman–Crippen MR) is 90.5 cm³/mol. The SMILES string of the molecule is CON(C)C(=O)/C=C/C(C)CCCO[Si](C)(C)C(C)(C)C. The molecule has 0 aromatic carbocycles. The Kier molecular flexibility index (Phi) is 8.44. The van der Waals surface area contributed by atoms with Crippen LogP contribution in [0.3, 0.4) is 0 Å². The van der Waals surface area contributed by atoms with Crippen LogP contribution in [0.1, 0.15) is 40.5 Å². The van der Waals surface area contributed by atoms with Gasteiger partial charge in [-0.05, 0) is 36.9 Å². The highest BCUT2D eigenvalue weighted by Gasteiger charge is 2.36. The summed E-state index contributed by atoms with van der Waals surface area (Å²) in [5, 5.41) is 1.47. The van der Waals surface area contributed by atoms with Gasteiger partial charge in [0.2, 0.25) is 0 Å². The Hall–Kier alpha value is -0.653. The molecule has 5 heteroatoms. The van der Waals surface area contributed by atoms with Gasteiger partial charge < -0.3 is 4.43 Å². The Morgan fingerprint density at radius 2 is 1.90 bits per heavy atom. The van der Waals surface area contributed by atoms with E-state index in [2.05, 4.69) is 40.8 Å². The maximum Gasteiger partial charge on any atom is 0.269 e. The summed E-state index contributed by atoms with van der Waals surface area (Å²) < 4.78 is 6.15. The van der Waals surface area contributed by atoms with Crippen LogP contribution in [0.4, 0.5) is 0 Å². The summed E-state index contributed by atoms with van der Waals surface area (Å²) in [6.07, 6.45) is 5.55. The number of amides is 1. The summed E-state index contributed by atoms with van der Waals surface area (Å²) in [4.78, 5) is 16.4. The van der Waals surface area contributed by atoms with Gasteiger partial charge in [-0.1, -0.05) is 33.8 Å². The van der Waals surface area contributed by atoms with E-state index in [9.17, 15) is 4.79 Å². The molecule has 0 saturated carbocycles. The first kappa shape index (κ1) is 20.3.